The van der Waals surface area contributed by atoms with Crippen molar-refractivity contribution < 1.29 is 77.4 Å². The van der Waals surface area contributed by atoms with E-state index in [0.29, 0.717) is 0 Å². The molecule has 10 heavy (non-hydrogen) atoms. The van der Waals surface area contributed by atoms with Crippen LogP contribution in [0, 0.1) is 6.92 Å². The van der Waals surface area contributed by atoms with Crippen molar-refractivity contribution in [1.29, 1.82) is 0 Å². The summed E-state index contributed by atoms with van der Waals surface area (Å²) in [7, 11) is -4.61. The first kappa shape index (κ1) is 17.8. The average Bonchev–Trinajstić information content (AvgIpc) is 1.61. The maximum absolute atomic E-state index is 7.33. The summed E-state index contributed by atoms with van der Waals surface area (Å²) >= 11 is 0. The van der Waals surface area contributed by atoms with E-state index in [1.807, 2.05) is 0 Å². The standard InChI is InChI=1S/C4H9.H4O4Si.Rb/c1-3-4-2;1-5(2,3)4;/h1,3-4H2,2H3;1-4H;/q-1;;+1. The summed E-state index contributed by atoms with van der Waals surface area (Å²) < 4.78 is 0. The molecule has 0 saturated heterocycles. The monoisotopic (exact) mass is 238 g/mol. The molecule has 0 aromatic heterocycles. The smallest absolute Gasteiger partial charge is 0.368 e. The van der Waals surface area contributed by atoms with Crippen LogP contribution in [0.15, 0.2) is 0 Å². The van der Waals surface area contributed by atoms with Crippen LogP contribution in [0.5, 0.6) is 0 Å². The molecule has 0 aliphatic carbocycles. The molecule has 0 unspecified atom stereocenters. The van der Waals surface area contributed by atoms with E-state index in [9.17, 15) is 0 Å². The van der Waals surface area contributed by atoms with Crippen molar-refractivity contribution in [3.63, 3.8) is 0 Å². The summed E-state index contributed by atoms with van der Waals surface area (Å²) in [6, 6.07) is 0. The second-order valence-corrected chi connectivity index (χ2v) is 2.65. The van der Waals surface area contributed by atoms with E-state index in [0.717, 1.165) is 6.42 Å². The van der Waals surface area contributed by atoms with Gasteiger partial charge in [0.05, 0.1) is 0 Å². The largest absolute Gasteiger partial charge is 1.00 e. The van der Waals surface area contributed by atoms with Gasteiger partial charge in [-0.25, -0.2) is 0 Å². The maximum atomic E-state index is 7.33. The second kappa shape index (κ2) is 10.9. The van der Waals surface area contributed by atoms with E-state index >= 15 is 0 Å². The predicted molar refractivity (Wildman–Crippen MR) is 34.9 cm³/mol. The predicted octanol–water partition coefficient (Wildman–Crippen LogP) is -3.98. The zero-order chi connectivity index (χ0) is 7.91. The van der Waals surface area contributed by atoms with Crippen molar-refractivity contribution in [2.24, 2.45) is 0 Å². The molecule has 58 valence electrons. The Balaban J connectivity index is -0.0000000910. The Morgan fingerprint density at radius 2 is 1.30 bits per heavy atom. The van der Waals surface area contributed by atoms with Crippen LogP contribution in [0.4, 0.5) is 0 Å². The third-order valence-corrected chi connectivity index (χ3v) is 0.354. The number of hydrogen-bond donors (Lipinski definition) is 4. The molecule has 0 bridgehead atoms. The molecule has 0 fully saturated rings. The van der Waals surface area contributed by atoms with E-state index < -0.39 is 9.05 Å². The third-order valence-electron chi connectivity index (χ3n) is 0.354. The van der Waals surface area contributed by atoms with Gasteiger partial charge >= 0.3 is 67.2 Å². The first-order chi connectivity index (χ1) is 3.91. The summed E-state index contributed by atoms with van der Waals surface area (Å²) in [5, 5.41) is 0. The van der Waals surface area contributed by atoms with Crippen molar-refractivity contribution in [3.8, 4) is 0 Å². The van der Waals surface area contributed by atoms with Crippen molar-refractivity contribution in [1.82, 2.24) is 0 Å². The van der Waals surface area contributed by atoms with Gasteiger partial charge in [0.2, 0.25) is 0 Å². The average molecular weight is 239 g/mol. The normalized spacial score (nSPS) is 9.00. The first-order valence-corrected chi connectivity index (χ1v) is 4.39. The Bertz CT molecular complexity index is 47.7. The molecular formula is C4H13O4RbSi. The maximum Gasteiger partial charge on any atom is 1.00 e. The Morgan fingerprint density at radius 1 is 1.20 bits per heavy atom. The van der Waals surface area contributed by atoms with Gasteiger partial charge in [-0.2, -0.15) is 6.42 Å². The van der Waals surface area contributed by atoms with E-state index in [4.69, 9.17) is 19.2 Å². The minimum Gasteiger partial charge on any atom is -0.368 e. The SMILES string of the molecule is O[Si](O)(O)O.[CH2-]CCC.[Rb+]. The Morgan fingerprint density at radius 3 is 1.30 bits per heavy atom. The van der Waals surface area contributed by atoms with E-state index in [1.165, 1.54) is 6.42 Å². The molecule has 0 amide bonds. The molecule has 4 N–H and O–H groups in total. The molecule has 6 heteroatoms. The molecule has 0 heterocycles. The van der Waals surface area contributed by atoms with Gasteiger partial charge in [-0.15, -0.1) is 0 Å². The van der Waals surface area contributed by atoms with Gasteiger partial charge in [0.1, 0.15) is 0 Å². The molecule has 0 radical (unpaired) electrons. The van der Waals surface area contributed by atoms with Gasteiger partial charge in [-0.1, -0.05) is 13.3 Å². The van der Waals surface area contributed by atoms with Crippen LogP contribution in [-0.2, 0) is 0 Å². The van der Waals surface area contributed by atoms with Crippen molar-refractivity contribution in [2.45, 2.75) is 19.8 Å². The molecular weight excluding hydrogens is 226 g/mol. The van der Waals surface area contributed by atoms with Crippen LogP contribution in [0.2, 0.25) is 0 Å². The van der Waals surface area contributed by atoms with Crippen LogP contribution in [0.25, 0.3) is 0 Å². The Hall–Kier alpha value is 1.86. The molecule has 0 rings (SSSR count). The Labute approximate surface area is 111 Å². The fourth-order valence-corrected chi connectivity index (χ4v) is 0. The minimum absolute atomic E-state index is 0. The van der Waals surface area contributed by atoms with Crippen molar-refractivity contribution in [2.75, 3.05) is 0 Å². The zero-order valence-electron chi connectivity index (χ0n) is 6.41. The van der Waals surface area contributed by atoms with E-state index in [-0.39, 0.29) is 58.2 Å². The number of rotatable bonds is 1. The summed E-state index contributed by atoms with van der Waals surface area (Å²) in [6.07, 6.45) is 2.28. The molecule has 0 saturated carbocycles. The van der Waals surface area contributed by atoms with Crippen LogP contribution in [-0.4, -0.2) is 28.2 Å². The molecule has 0 aliphatic rings. The third kappa shape index (κ3) is 94.6. The molecule has 0 atom stereocenters. The van der Waals surface area contributed by atoms with Crippen LogP contribution in [0.1, 0.15) is 19.8 Å². The molecule has 4 nitrogen and oxygen atoms in total. The van der Waals surface area contributed by atoms with Crippen LogP contribution in [0.3, 0.4) is 0 Å². The first-order valence-electron chi connectivity index (χ1n) is 2.60. The van der Waals surface area contributed by atoms with Crippen LogP contribution >= 0.6 is 0 Å². The minimum atomic E-state index is -4.61. The summed E-state index contributed by atoms with van der Waals surface area (Å²) in [4.78, 5) is 29.3. The van der Waals surface area contributed by atoms with Gasteiger partial charge in [-0.05, 0) is 0 Å². The Kier molecular flexibility index (Phi) is 19.4. The fraction of sp³-hybridized carbons (Fsp3) is 0.750. The zero-order valence-corrected chi connectivity index (χ0v) is 12.3. The van der Waals surface area contributed by atoms with Gasteiger partial charge in [-0.3, -0.25) is 0 Å². The fourth-order valence-electron chi connectivity index (χ4n) is 0. The summed E-state index contributed by atoms with van der Waals surface area (Å²) in [6.45, 7) is 5.72. The molecule has 0 aromatic carbocycles. The summed E-state index contributed by atoms with van der Waals surface area (Å²) in [5.74, 6) is 0. The second-order valence-electron chi connectivity index (χ2n) is 1.45. The number of hydrogen-bond acceptors (Lipinski definition) is 4. The van der Waals surface area contributed by atoms with Gasteiger partial charge in [0, 0.05) is 0 Å². The molecule has 0 spiro atoms. The van der Waals surface area contributed by atoms with Gasteiger partial charge in [0.25, 0.3) is 0 Å². The quantitative estimate of drug-likeness (QED) is 0.278. The van der Waals surface area contributed by atoms with Gasteiger partial charge in [0.15, 0.2) is 0 Å². The topological polar surface area (TPSA) is 80.9 Å². The number of unbranched alkanes of at least 4 members (excludes halogenated alkanes) is 1. The van der Waals surface area contributed by atoms with Crippen molar-refractivity contribution >= 4 is 9.05 Å². The van der Waals surface area contributed by atoms with Gasteiger partial charge < -0.3 is 26.1 Å². The van der Waals surface area contributed by atoms with Crippen molar-refractivity contribution in [3.05, 3.63) is 6.92 Å². The summed E-state index contributed by atoms with van der Waals surface area (Å²) in [5.41, 5.74) is 0. The van der Waals surface area contributed by atoms with Crippen LogP contribution < -0.4 is 58.2 Å². The van der Waals surface area contributed by atoms with E-state index in [1.54, 1.807) is 0 Å². The molecule has 0 aromatic rings. The molecule has 0 aliphatic heterocycles. The van der Waals surface area contributed by atoms with E-state index in [2.05, 4.69) is 13.8 Å².